The van der Waals surface area contributed by atoms with Crippen LogP contribution in [0.25, 0.3) is 21.5 Å². The maximum atomic E-state index is 2.24. The molecule has 0 saturated heterocycles. The molecule has 0 atom stereocenters. The van der Waals surface area contributed by atoms with E-state index in [9.17, 15) is 0 Å². The van der Waals surface area contributed by atoms with Gasteiger partial charge in [0.15, 0.2) is 0 Å². The van der Waals surface area contributed by atoms with Crippen molar-refractivity contribution in [3.63, 3.8) is 0 Å². The zero-order valence-electron chi connectivity index (χ0n) is 15.3. The number of benzene rings is 3. The summed E-state index contributed by atoms with van der Waals surface area (Å²) < 4.78 is 2.17. The average Bonchev–Trinajstić information content (AvgIpc) is 3.40. The van der Waals surface area contributed by atoms with E-state index in [1.54, 1.807) is 0 Å². The number of fused-ring (bicyclic) bond motifs is 3. The van der Waals surface area contributed by atoms with Gasteiger partial charge in [0.05, 0.1) is 0 Å². The molecule has 0 radical (unpaired) electrons. The standard InChI is InChI=1S/C13H9.C7H6.C5H5.2ClH.Zr/c1-3-7-12-10(5-1)9-11-6-2-4-8-13(11)12;1-7-5-3-2-4-6-7;1-2-4-5-3-1;;;/h1-9H;1-6H;1-5H;2*1H;/q-1;;-1;;;+2/p-2. The van der Waals surface area contributed by atoms with Crippen molar-refractivity contribution in [2.45, 2.75) is 0 Å². The Labute approximate surface area is 194 Å². The third-order valence-corrected chi connectivity index (χ3v) is 4.86. The normalized spacial score (nSPS) is 9.07. The first-order valence-corrected chi connectivity index (χ1v) is 10.1. The van der Waals surface area contributed by atoms with E-state index in [2.05, 4.69) is 82.6 Å². The van der Waals surface area contributed by atoms with Gasteiger partial charge in [-0.3, -0.25) is 0 Å². The zero-order chi connectivity index (χ0) is 18.0. The third-order valence-electron chi connectivity index (χ3n) is 4.04. The van der Waals surface area contributed by atoms with Gasteiger partial charge in [-0.05, 0) is 0 Å². The number of rotatable bonds is 1. The van der Waals surface area contributed by atoms with Gasteiger partial charge in [-0.2, -0.15) is 18.2 Å². The summed E-state index contributed by atoms with van der Waals surface area (Å²) >= 11 is 1.46. The second-order valence-corrected chi connectivity index (χ2v) is 6.55. The molecule has 28 heavy (non-hydrogen) atoms. The van der Waals surface area contributed by atoms with Crippen molar-refractivity contribution in [2.75, 3.05) is 0 Å². The van der Waals surface area contributed by atoms with Gasteiger partial charge < -0.3 is 24.8 Å². The van der Waals surface area contributed by atoms with Crippen LogP contribution in [-0.2, 0) is 24.2 Å². The summed E-state index contributed by atoms with van der Waals surface area (Å²) in [5, 5.41) is 5.39. The molecule has 5 rings (SSSR count). The molecule has 5 aromatic carbocycles. The first-order chi connectivity index (χ1) is 12.9. The van der Waals surface area contributed by atoms with E-state index in [4.69, 9.17) is 0 Å². The van der Waals surface area contributed by atoms with Gasteiger partial charge in [0.1, 0.15) is 0 Å². The Morgan fingerprint density at radius 1 is 0.571 bits per heavy atom. The molecule has 5 aromatic rings. The van der Waals surface area contributed by atoms with Crippen molar-refractivity contribution in [3.8, 4) is 0 Å². The molecule has 0 spiro atoms. The quantitative estimate of drug-likeness (QED) is 0.306. The smallest absolute Gasteiger partial charge is 0.0771 e. The minimum atomic E-state index is 0. The Morgan fingerprint density at radius 3 is 1.43 bits per heavy atom. The Bertz CT molecular complexity index is 980. The van der Waals surface area contributed by atoms with Gasteiger partial charge in [-0.15, -0.1) is 39.7 Å². The molecule has 0 aromatic heterocycles. The Morgan fingerprint density at radius 2 is 1.04 bits per heavy atom. The van der Waals surface area contributed by atoms with Crippen LogP contribution < -0.4 is 24.8 Å². The zero-order valence-corrected chi connectivity index (χ0v) is 19.3. The van der Waals surface area contributed by atoms with E-state index < -0.39 is 0 Å². The maximum absolute atomic E-state index is 2.24. The fourth-order valence-corrected chi connectivity index (χ4v) is 3.25. The molecule has 0 unspecified atom stereocenters. The fourth-order valence-electron chi connectivity index (χ4n) is 2.77. The van der Waals surface area contributed by atoms with Crippen LogP contribution >= 0.6 is 0 Å². The second kappa shape index (κ2) is 13.4. The molecule has 140 valence electrons. The summed E-state index contributed by atoms with van der Waals surface area (Å²) in [4.78, 5) is 0. The summed E-state index contributed by atoms with van der Waals surface area (Å²) in [6, 6.07) is 39.6. The summed E-state index contributed by atoms with van der Waals surface area (Å²) in [6.45, 7) is 0. The first-order valence-electron chi connectivity index (χ1n) is 8.64. The monoisotopic (exact) mass is 480 g/mol. The molecule has 0 aliphatic rings. The summed E-state index contributed by atoms with van der Waals surface area (Å²) in [5.41, 5.74) is 1.32. The largest absolute Gasteiger partial charge is 0.214 e. The predicted molar refractivity (Wildman–Crippen MR) is 111 cm³/mol. The van der Waals surface area contributed by atoms with E-state index in [0.29, 0.717) is 0 Å². The van der Waals surface area contributed by atoms with E-state index in [0.717, 1.165) is 0 Å². The van der Waals surface area contributed by atoms with Gasteiger partial charge in [-0.1, -0.05) is 36.4 Å². The molecular weight excluding hydrogens is 462 g/mol. The van der Waals surface area contributed by atoms with Gasteiger partial charge >= 0.3 is 63.8 Å². The molecule has 0 bridgehead atoms. The SMILES string of the molecule is [Cl-].[Cl-].[Zr+2]=[CH]c1ccccc1.c1cc[cH-]c1.c1ccc2c(c1)[cH-]c1ccccc12. The average molecular weight is 483 g/mol. The van der Waals surface area contributed by atoms with Crippen molar-refractivity contribution in [2.24, 2.45) is 0 Å². The molecule has 3 heteroatoms. The van der Waals surface area contributed by atoms with Crippen molar-refractivity contribution in [3.05, 3.63) is 121 Å². The number of hydrogen-bond donors (Lipinski definition) is 0. The minimum Gasteiger partial charge on any atom is -0.214 e. The molecule has 0 heterocycles. The molecule has 0 fully saturated rings. The summed E-state index contributed by atoms with van der Waals surface area (Å²) in [5.74, 6) is 0. The van der Waals surface area contributed by atoms with Crippen LogP contribution in [0.4, 0.5) is 0 Å². The van der Waals surface area contributed by atoms with Crippen molar-refractivity contribution in [1.29, 1.82) is 0 Å². The second-order valence-electron chi connectivity index (χ2n) is 5.84. The van der Waals surface area contributed by atoms with Crippen LogP contribution in [-0.4, -0.2) is 3.71 Å². The Hall–Kier alpha value is -1.79. The summed E-state index contributed by atoms with van der Waals surface area (Å²) in [6.07, 6.45) is 0. The van der Waals surface area contributed by atoms with E-state index >= 15 is 0 Å². The first kappa shape index (κ1) is 24.3. The van der Waals surface area contributed by atoms with Crippen molar-refractivity contribution in [1.82, 2.24) is 0 Å². The molecule has 0 saturated carbocycles. The van der Waals surface area contributed by atoms with Gasteiger partial charge in [0, 0.05) is 0 Å². The van der Waals surface area contributed by atoms with Gasteiger partial charge in [-0.25, -0.2) is 12.1 Å². The minimum absolute atomic E-state index is 0. The van der Waals surface area contributed by atoms with E-state index in [-0.39, 0.29) is 24.8 Å². The van der Waals surface area contributed by atoms with E-state index in [1.165, 1.54) is 51.3 Å². The fraction of sp³-hybridized carbons (Fsp3) is 0. The molecule has 0 N–H and O–H groups in total. The van der Waals surface area contributed by atoms with Crippen LogP contribution in [0, 0.1) is 0 Å². The van der Waals surface area contributed by atoms with Gasteiger partial charge in [0.2, 0.25) is 0 Å². The van der Waals surface area contributed by atoms with E-state index in [1.807, 2.05) is 36.4 Å². The van der Waals surface area contributed by atoms with Crippen LogP contribution in [0.15, 0.2) is 115 Å². The van der Waals surface area contributed by atoms with Crippen LogP contribution in [0.2, 0.25) is 0 Å². The third kappa shape index (κ3) is 6.99. The topological polar surface area (TPSA) is 0 Å². The molecule has 0 aliphatic carbocycles. The maximum Gasteiger partial charge on any atom is -0.0771 e. The van der Waals surface area contributed by atoms with Gasteiger partial charge in [0.25, 0.3) is 0 Å². The summed E-state index contributed by atoms with van der Waals surface area (Å²) in [7, 11) is 0. The molecule has 0 aliphatic heterocycles. The van der Waals surface area contributed by atoms with Crippen LogP contribution in [0.5, 0.6) is 0 Å². The Kier molecular flexibility index (Phi) is 11.6. The predicted octanol–water partition coefficient (Wildman–Crippen LogP) is 0.509. The molecule has 0 amide bonds. The number of hydrogen-bond acceptors (Lipinski definition) is 0. The molecular formula is C25H20Cl2Zr-2. The van der Waals surface area contributed by atoms with Crippen LogP contribution in [0.3, 0.4) is 0 Å². The Balaban J connectivity index is 0.000000226. The molecule has 0 nitrogen and oxygen atoms in total. The number of halogens is 2. The van der Waals surface area contributed by atoms with Crippen molar-refractivity contribution >= 4 is 25.3 Å². The van der Waals surface area contributed by atoms with Crippen molar-refractivity contribution < 1.29 is 49.0 Å². The van der Waals surface area contributed by atoms with Crippen LogP contribution in [0.1, 0.15) is 5.56 Å².